The second kappa shape index (κ2) is 8.50. The van der Waals surface area contributed by atoms with E-state index in [1.54, 1.807) is 18.2 Å². The highest BCUT2D eigenvalue weighted by Crippen LogP contribution is 2.25. The van der Waals surface area contributed by atoms with Gasteiger partial charge in [0.15, 0.2) is 0 Å². The van der Waals surface area contributed by atoms with E-state index in [-0.39, 0.29) is 5.57 Å². The Morgan fingerprint density at radius 3 is 2.57 bits per heavy atom. The largest absolute Gasteiger partial charge is 0.342 e. The predicted molar refractivity (Wildman–Crippen MR) is 121 cm³/mol. The van der Waals surface area contributed by atoms with Crippen LogP contribution in [0.15, 0.2) is 90.6 Å². The second-order valence-electron chi connectivity index (χ2n) is 7.21. The number of amides is 1. The second-order valence-corrected chi connectivity index (χ2v) is 7.21. The van der Waals surface area contributed by atoms with Crippen molar-refractivity contribution < 1.29 is 4.79 Å². The molecule has 4 heteroatoms. The van der Waals surface area contributed by atoms with Gasteiger partial charge in [0.1, 0.15) is 11.6 Å². The average Bonchev–Trinajstić information content (AvgIpc) is 3.10. The van der Waals surface area contributed by atoms with E-state index in [1.165, 1.54) is 11.1 Å². The van der Waals surface area contributed by atoms with Crippen LogP contribution in [0.3, 0.4) is 0 Å². The number of nitrogens with one attached hydrogen (secondary N) is 1. The van der Waals surface area contributed by atoms with Crippen LogP contribution in [-0.4, -0.2) is 10.5 Å². The molecule has 0 aliphatic heterocycles. The number of rotatable bonds is 5. The summed E-state index contributed by atoms with van der Waals surface area (Å²) in [5.41, 5.74) is 5.05. The fraction of sp³-hybridized carbons (Fsp3) is 0.0769. The van der Waals surface area contributed by atoms with Gasteiger partial charge in [0.05, 0.1) is 0 Å². The van der Waals surface area contributed by atoms with Gasteiger partial charge >= 0.3 is 0 Å². The zero-order valence-corrected chi connectivity index (χ0v) is 16.7. The number of carbonyl (C=O) groups excluding carboxylic acids is 1. The highest BCUT2D eigenvalue weighted by atomic mass is 16.1. The van der Waals surface area contributed by atoms with Gasteiger partial charge in [-0.25, -0.2) is 0 Å². The van der Waals surface area contributed by atoms with Crippen molar-refractivity contribution in [3.05, 3.63) is 107 Å². The average molecular weight is 391 g/mol. The van der Waals surface area contributed by atoms with Crippen molar-refractivity contribution in [2.75, 3.05) is 5.32 Å². The molecule has 1 heterocycles. The standard InChI is InChI=1S/C26H21N3O/c1-19-8-7-9-20(14-19)17-29-18-22(24-12-5-6-13-25(24)29)15-21(16-27)26(30)28-23-10-3-2-4-11-23/h2-15,18H,17H2,1H3,(H,28,30). The Morgan fingerprint density at radius 1 is 1.03 bits per heavy atom. The Hall–Kier alpha value is -4.10. The van der Waals surface area contributed by atoms with Crippen molar-refractivity contribution >= 4 is 28.6 Å². The van der Waals surface area contributed by atoms with Crippen molar-refractivity contribution in [3.63, 3.8) is 0 Å². The third-order valence-electron chi connectivity index (χ3n) is 4.95. The van der Waals surface area contributed by atoms with E-state index in [0.29, 0.717) is 12.2 Å². The molecule has 146 valence electrons. The quantitative estimate of drug-likeness (QED) is 0.358. The normalized spacial score (nSPS) is 11.3. The summed E-state index contributed by atoms with van der Waals surface area (Å²) < 4.78 is 2.15. The van der Waals surface area contributed by atoms with Gasteiger partial charge < -0.3 is 9.88 Å². The van der Waals surface area contributed by atoms with Crippen molar-refractivity contribution in [2.45, 2.75) is 13.5 Å². The molecule has 0 radical (unpaired) electrons. The van der Waals surface area contributed by atoms with Crippen molar-refractivity contribution in [1.29, 1.82) is 5.26 Å². The highest BCUT2D eigenvalue weighted by molar-refractivity contribution is 6.10. The maximum atomic E-state index is 12.6. The lowest BCUT2D eigenvalue weighted by molar-refractivity contribution is -0.112. The number of hydrogen-bond donors (Lipinski definition) is 1. The Morgan fingerprint density at radius 2 is 1.80 bits per heavy atom. The number of hydrogen-bond acceptors (Lipinski definition) is 2. The van der Waals surface area contributed by atoms with Crippen molar-refractivity contribution in [1.82, 2.24) is 4.57 Å². The maximum Gasteiger partial charge on any atom is 0.266 e. The van der Waals surface area contributed by atoms with Crippen LogP contribution >= 0.6 is 0 Å². The van der Waals surface area contributed by atoms with Crippen LogP contribution in [0.5, 0.6) is 0 Å². The third-order valence-corrected chi connectivity index (χ3v) is 4.95. The predicted octanol–water partition coefficient (Wildman–Crippen LogP) is 5.54. The zero-order valence-electron chi connectivity index (χ0n) is 16.7. The maximum absolute atomic E-state index is 12.6. The van der Waals surface area contributed by atoms with Crippen LogP contribution in [0.25, 0.3) is 17.0 Å². The molecule has 3 aromatic carbocycles. The molecule has 30 heavy (non-hydrogen) atoms. The third kappa shape index (κ3) is 4.16. The van der Waals surface area contributed by atoms with Gasteiger partial charge in [0, 0.05) is 34.9 Å². The molecular weight excluding hydrogens is 370 g/mol. The number of anilines is 1. The number of nitrogens with zero attached hydrogens (tertiary/aromatic N) is 2. The van der Waals surface area contributed by atoms with E-state index in [2.05, 4.69) is 47.1 Å². The highest BCUT2D eigenvalue weighted by Gasteiger charge is 2.13. The Bertz CT molecular complexity index is 1280. The molecule has 0 bridgehead atoms. The van der Waals surface area contributed by atoms with Crippen LogP contribution in [0.1, 0.15) is 16.7 Å². The van der Waals surface area contributed by atoms with E-state index in [4.69, 9.17) is 0 Å². The first-order valence-electron chi connectivity index (χ1n) is 9.75. The van der Waals surface area contributed by atoms with Crippen molar-refractivity contribution in [3.8, 4) is 6.07 Å². The summed E-state index contributed by atoms with van der Waals surface area (Å²) in [4.78, 5) is 12.6. The number of para-hydroxylation sites is 2. The number of nitriles is 1. The monoisotopic (exact) mass is 391 g/mol. The molecule has 4 nitrogen and oxygen atoms in total. The van der Waals surface area contributed by atoms with E-state index >= 15 is 0 Å². The molecule has 0 saturated heterocycles. The van der Waals surface area contributed by atoms with Crippen molar-refractivity contribution in [2.24, 2.45) is 0 Å². The first-order chi connectivity index (χ1) is 14.6. The molecule has 1 N–H and O–H groups in total. The summed E-state index contributed by atoms with van der Waals surface area (Å²) in [6.07, 6.45) is 3.66. The summed E-state index contributed by atoms with van der Waals surface area (Å²) in [5, 5.41) is 13.4. The molecule has 1 amide bonds. The molecular formula is C26H21N3O. The summed E-state index contributed by atoms with van der Waals surface area (Å²) >= 11 is 0. The van der Waals surface area contributed by atoms with Crippen LogP contribution in [0, 0.1) is 18.3 Å². The molecule has 0 unspecified atom stereocenters. The molecule has 0 spiro atoms. The minimum atomic E-state index is -0.417. The number of aromatic nitrogens is 1. The van der Waals surface area contributed by atoms with Gasteiger partial charge in [0.2, 0.25) is 0 Å². The number of aryl methyl sites for hydroxylation is 1. The molecule has 1 aromatic heterocycles. The summed E-state index contributed by atoms with van der Waals surface area (Å²) in [7, 11) is 0. The first kappa shape index (κ1) is 19.2. The molecule has 0 fully saturated rings. The molecule has 4 rings (SSSR count). The zero-order chi connectivity index (χ0) is 20.9. The van der Waals surface area contributed by atoms with E-state index < -0.39 is 5.91 Å². The summed E-state index contributed by atoms with van der Waals surface area (Å²) in [5.74, 6) is -0.417. The van der Waals surface area contributed by atoms with Gasteiger partial charge in [-0.15, -0.1) is 0 Å². The first-order valence-corrected chi connectivity index (χ1v) is 9.75. The molecule has 4 aromatic rings. The molecule has 0 atom stereocenters. The van der Waals surface area contributed by atoms with E-state index in [9.17, 15) is 10.1 Å². The van der Waals surface area contributed by atoms with Crippen LogP contribution in [0.2, 0.25) is 0 Å². The van der Waals surface area contributed by atoms with Gasteiger partial charge in [-0.1, -0.05) is 66.2 Å². The van der Waals surface area contributed by atoms with E-state index in [0.717, 1.165) is 16.5 Å². The number of fused-ring (bicyclic) bond motifs is 1. The van der Waals surface area contributed by atoms with Crippen LogP contribution in [0.4, 0.5) is 5.69 Å². The SMILES string of the molecule is Cc1cccc(Cn2cc(C=C(C#N)C(=O)Nc3ccccc3)c3ccccc32)c1. The van der Waals surface area contributed by atoms with E-state index in [1.807, 2.05) is 48.7 Å². The van der Waals surface area contributed by atoms with Gasteiger partial charge in [-0.05, 0) is 36.8 Å². The lowest BCUT2D eigenvalue weighted by Gasteiger charge is -2.06. The Labute approximate surface area is 175 Å². The summed E-state index contributed by atoms with van der Waals surface area (Å²) in [6.45, 7) is 2.80. The lowest BCUT2D eigenvalue weighted by atomic mass is 10.1. The fourth-order valence-electron chi connectivity index (χ4n) is 3.55. The van der Waals surface area contributed by atoms with Gasteiger partial charge in [-0.3, -0.25) is 4.79 Å². The van der Waals surface area contributed by atoms with Crippen LogP contribution in [-0.2, 0) is 11.3 Å². The molecule has 0 aliphatic rings. The summed E-state index contributed by atoms with van der Waals surface area (Å²) in [6, 6.07) is 27.6. The minimum Gasteiger partial charge on any atom is -0.342 e. The van der Waals surface area contributed by atoms with Gasteiger partial charge in [0.25, 0.3) is 5.91 Å². The van der Waals surface area contributed by atoms with Crippen LogP contribution < -0.4 is 5.32 Å². The topological polar surface area (TPSA) is 57.8 Å². The fourth-order valence-corrected chi connectivity index (χ4v) is 3.55. The number of benzene rings is 3. The molecule has 0 saturated carbocycles. The van der Waals surface area contributed by atoms with Gasteiger partial charge in [-0.2, -0.15) is 5.26 Å². The molecule has 0 aliphatic carbocycles. The Kier molecular flexibility index (Phi) is 5.45. The minimum absolute atomic E-state index is 0.0670. The Balaban J connectivity index is 1.69. The number of carbonyl (C=O) groups is 1. The lowest BCUT2D eigenvalue weighted by Crippen LogP contribution is -2.13. The smallest absolute Gasteiger partial charge is 0.266 e.